The van der Waals surface area contributed by atoms with E-state index in [0.717, 1.165) is 12.8 Å². The Labute approximate surface area is 123 Å². The van der Waals surface area contributed by atoms with Crippen LogP contribution < -0.4 is 11.1 Å². The van der Waals surface area contributed by atoms with Crippen molar-refractivity contribution in [1.82, 2.24) is 10.3 Å². The van der Waals surface area contributed by atoms with Crippen LogP contribution in [0.4, 0.5) is 5.82 Å². The lowest BCUT2D eigenvalue weighted by Crippen LogP contribution is -2.25. The fourth-order valence-corrected chi connectivity index (χ4v) is 1.74. The first kappa shape index (κ1) is 16.7. The number of amides is 1. The quantitative estimate of drug-likeness (QED) is 0.533. The number of nitrogens with two attached hydrogens (primary N) is 1. The molecule has 0 unspecified atom stereocenters. The molecule has 0 radical (unpaired) electrons. The van der Waals surface area contributed by atoms with E-state index in [1.807, 2.05) is 0 Å². The van der Waals surface area contributed by atoms with Gasteiger partial charge in [0.05, 0.1) is 13.2 Å². The van der Waals surface area contributed by atoms with E-state index < -0.39 is 0 Å². The van der Waals surface area contributed by atoms with Crippen LogP contribution in [0.1, 0.15) is 23.2 Å². The number of rotatable bonds is 9. The zero-order valence-electron chi connectivity index (χ0n) is 11.5. The molecule has 0 aliphatic rings. The van der Waals surface area contributed by atoms with Gasteiger partial charge in [-0.15, -0.1) is 0 Å². The Hall–Kier alpha value is -1.37. The highest BCUT2D eigenvalue weighted by Crippen LogP contribution is 2.11. The van der Waals surface area contributed by atoms with Crippen molar-refractivity contribution in [3.8, 4) is 0 Å². The molecule has 1 amide bonds. The van der Waals surface area contributed by atoms with Crippen LogP contribution in [0.2, 0.25) is 5.15 Å². The minimum absolute atomic E-state index is 0.207. The van der Waals surface area contributed by atoms with Gasteiger partial charge in [-0.3, -0.25) is 4.79 Å². The molecule has 3 N–H and O–H groups in total. The number of methoxy groups -OCH3 is 1. The molecule has 0 spiro atoms. The molecule has 0 bridgehead atoms. The van der Waals surface area contributed by atoms with Gasteiger partial charge in [-0.2, -0.15) is 0 Å². The minimum atomic E-state index is -0.207. The molecule has 6 nitrogen and oxygen atoms in total. The van der Waals surface area contributed by atoms with E-state index in [1.54, 1.807) is 7.11 Å². The van der Waals surface area contributed by atoms with Gasteiger partial charge in [-0.05, 0) is 25.0 Å². The number of anilines is 1. The lowest BCUT2D eigenvalue weighted by atomic mass is 10.2. The van der Waals surface area contributed by atoms with Crippen molar-refractivity contribution in [2.75, 3.05) is 39.2 Å². The van der Waals surface area contributed by atoms with E-state index in [-0.39, 0.29) is 16.9 Å². The first-order valence-corrected chi connectivity index (χ1v) is 6.79. The molecule has 1 rings (SSSR count). The Morgan fingerprint density at radius 2 is 2.15 bits per heavy atom. The summed E-state index contributed by atoms with van der Waals surface area (Å²) in [6.07, 6.45) is 1.72. The number of ether oxygens (including phenoxy) is 2. The molecule has 0 aliphatic carbocycles. The fourth-order valence-electron chi connectivity index (χ4n) is 1.53. The van der Waals surface area contributed by atoms with Crippen LogP contribution in [-0.2, 0) is 9.47 Å². The van der Waals surface area contributed by atoms with Crippen LogP contribution in [0.15, 0.2) is 12.1 Å². The third-order valence-corrected chi connectivity index (χ3v) is 2.70. The maximum atomic E-state index is 11.8. The zero-order chi connectivity index (χ0) is 14.8. The Balaban J connectivity index is 2.17. The topological polar surface area (TPSA) is 86.5 Å². The highest BCUT2D eigenvalue weighted by atomic mass is 35.5. The number of nitrogens with one attached hydrogen (secondary N) is 1. The molecule has 0 fully saturated rings. The molecular formula is C13H20ClN3O3. The van der Waals surface area contributed by atoms with E-state index >= 15 is 0 Å². The number of nitrogens with zero attached hydrogens (tertiary/aromatic N) is 1. The van der Waals surface area contributed by atoms with Crippen molar-refractivity contribution in [3.05, 3.63) is 22.8 Å². The molecule has 20 heavy (non-hydrogen) atoms. The predicted octanol–water partition coefficient (Wildman–Crippen LogP) is 1.49. The molecule has 1 aromatic rings. The van der Waals surface area contributed by atoms with Crippen LogP contribution >= 0.6 is 11.6 Å². The smallest absolute Gasteiger partial charge is 0.251 e. The summed E-state index contributed by atoms with van der Waals surface area (Å²) in [7, 11) is 1.64. The number of carbonyl (C=O) groups excluding carboxylic acids is 1. The Morgan fingerprint density at radius 1 is 1.35 bits per heavy atom. The molecule has 1 heterocycles. The molecule has 0 saturated carbocycles. The third kappa shape index (κ3) is 6.70. The van der Waals surface area contributed by atoms with Gasteiger partial charge in [-0.25, -0.2) is 4.98 Å². The molecule has 0 atom stereocenters. The fraction of sp³-hybridized carbons (Fsp3) is 0.538. The molecule has 112 valence electrons. The summed E-state index contributed by atoms with van der Waals surface area (Å²) >= 11 is 5.74. The van der Waals surface area contributed by atoms with E-state index in [0.29, 0.717) is 31.9 Å². The number of aromatic nitrogens is 1. The van der Waals surface area contributed by atoms with Crippen LogP contribution in [0.3, 0.4) is 0 Å². The molecule has 1 aromatic heterocycles. The summed E-state index contributed by atoms with van der Waals surface area (Å²) < 4.78 is 10.2. The van der Waals surface area contributed by atoms with Gasteiger partial charge in [0.1, 0.15) is 11.0 Å². The number of pyridine rings is 1. The largest absolute Gasteiger partial charge is 0.384 e. The monoisotopic (exact) mass is 301 g/mol. The van der Waals surface area contributed by atoms with Gasteiger partial charge in [0.25, 0.3) is 5.91 Å². The Kier molecular flexibility index (Phi) is 7.94. The first-order valence-electron chi connectivity index (χ1n) is 6.41. The standard InChI is InChI=1S/C13H20ClN3O3/c1-19-6-7-20-5-3-2-4-16-13(18)10-8-11(14)17-12(15)9-10/h8-9H,2-7H2,1H3,(H2,15,17)(H,16,18). The van der Waals surface area contributed by atoms with E-state index in [9.17, 15) is 4.79 Å². The van der Waals surface area contributed by atoms with Crippen LogP contribution in [-0.4, -0.2) is 44.4 Å². The van der Waals surface area contributed by atoms with Crippen molar-refractivity contribution in [2.45, 2.75) is 12.8 Å². The molecule has 0 aliphatic heterocycles. The average Bonchev–Trinajstić information content (AvgIpc) is 2.40. The highest BCUT2D eigenvalue weighted by Gasteiger charge is 2.07. The minimum Gasteiger partial charge on any atom is -0.384 e. The van der Waals surface area contributed by atoms with Crippen LogP contribution in [0.5, 0.6) is 0 Å². The van der Waals surface area contributed by atoms with Gasteiger partial charge in [0.15, 0.2) is 0 Å². The average molecular weight is 302 g/mol. The SMILES string of the molecule is COCCOCCCCNC(=O)c1cc(N)nc(Cl)c1. The van der Waals surface area contributed by atoms with Crippen molar-refractivity contribution in [3.63, 3.8) is 0 Å². The maximum absolute atomic E-state index is 11.8. The predicted molar refractivity (Wildman–Crippen MR) is 77.9 cm³/mol. The number of halogens is 1. The summed E-state index contributed by atoms with van der Waals surface area (Å²) in [4.78, 5) is 15.6. The van der Waals surface area contributed by atoms with Crippen LogP contribution in [0, 0.1) is 0 Å². The maximum Gasteiger partial charge on any atom is 0.251 e. The second-order valence-electron chi connectivity index (χ2n) is 4.17. The molecule has 0 saturated heterocycles. The number of hydrogen-bond donors (Lipinski definition) is 2. The van der Waals surface area contributed by atoms with Gasteiger partial charge in [0.2, 0.25) is 0 Å². The summed E-state index contributed by atoms with van der Waals surface area (Å²) in [6, 6.07) is 2.98. The Morgan fingerprint density at radius 3 is 2.85 bits per heavy atom. The normalized spacial score (nSPS) is 10.5. The summed E-state index contributed by atoms with van der Waals surface area (Å²) in [5.41, 5.74) is 5.94. The highest BCUT2D eigenvalue weighted by molar-refractivity contribution is 6.29. The van der Waals surface area contributed by atoms with Gasteiger partial charge >= 0.3 is 0 Å². The van der Waals surface area contributed by atoms with Gasteiger partial charge in [-0.1, -0.05) is 11.6 Å². The van der Waals surface area contributed by atoms with Crippen LogP contribution in [0.25, 0.3) is 0 Å². The summed E-state index contributed by atoms with van der Waals surface area (Å²) in [5, 5.41) is 3.00. The van der Waals surface area contributed by atoms with Crippen molar-refractivity contribution >= 4 is 23.3 Å². The van der Waals surface area contributed by atoms with E-state index in [4.69, 9.17) is 26.8 Å². The van der Waals surface area contributed by atoms with Gasteiger partial charge < -0.3 is 20.5 Å². The van der Waals surface area contributed by atoms with Gasteiger partial charge in [0, 0.05) is 25.8 Å². The van der Waals surface area contributed by atoms with Crippen molar-refractivity contribution in [2.24, 2.45) is 0 Å². The number of nitrogen functional groups attached to an aromatic ring is 1. The summed E-state index contributed by atoms with van der Waals surface area (Å²) in [5.74, 6) is 0.0236. The first-order chi connectivity index (χ1) is 9.63. The number of hydrogen-bond acceptors (Lipinski definition) is 5. The lowest BCUT2D eigenvalue weighted by molar-refractivity contribution is 0.0686. The molecule has 7 heteroatoms. The second-order valence-corrected chi connectivity index (χ2v) is 4.56. The van der Waals surface area contributed by atoms with Crippen molar-refractivity contribution in [1.29, 1.82) is 0 Å². The zero-order valence-corrected chi connectivity index (χ0v) is 12.3. The summed E-state index contributed by atoms with van der Waals surface area (Å²) in [6.45, 7) is 2.43. The Bertz CT molecular complexity index is 409. The number of unbranched alkanes of at least 4 members (excludes halogenated alkanes) is 1. The molecule has 0 aromatic carbocycles. The number of carbonyl (C=O) groups is 1. The second kappa shape index (κ2) is 9.52. The van der Waals surface area contributed by atoms with E-state index in [1.165, 1.54) is 12.1 Å². The van der Waals surface area contributed by atoms with Crippen molar-refractivity contribution < 1.29 is 14.3 Å². The lowest BCUT2D eigenvalue weighted by Gasteiger charge is -2.06. The molecular weight excluding hydrogens is 282 g/mol. The van der Waals surface area contributed by atoms with E-state index in [2.05, 4.69) is 10.3 Å². The third-order valence-electron chi connectivity index (χ3n) is 2.51.